The second kappa shape index (κ2) is 6.46. The summed E-state index contributed by atoms with van der Waals surface area (Å²) in [7, 11) is 0. The van der Waals surface area contributed by atoms with Crippen LogP contribution in [0, 0.1) is 28.9 Å². The standard InChI is InChI=1S/C20H15F2N3OS/c1-12(26)25-20(14(8-9-23)10-13-4-2-3-5-17(13)20)27-19(24-25)16-11-15(21)6-7-18(16)22/h2-7,11,14H,8,10H2,1H3. The van der Waals surface area contributed by atoms with Crippen LogP contribution in [-0.2, 0) is 16.1 Å². The van der Waals surface area contributed by atoms with Crippen LogP contribution in [0.1, 0.15) is 30.0 Å². The second-order valence-corrected chi connectivity index (χ2v) is 7.79. The molecule has 136 valence electrons. The number of fused-ring (bicyclic) bond motifs is 2. The van der Waals surface area contributed by atoms with Gasteiger partial charge in [-0.25, -0.2) is 13.8 Å². The van der Waals surface area contributed by atoms with E-state index >= 15 is 0 Å². The third kappa shape index (κ3) is 2.63. The molecule has 1 amide bonds. The van der Waals surface area contributed by atoms with Gasteiger partial charge in [-0.05, 0) is 35.7 Å². The Bertz CT molecular complexity index is 1020. The molecule has 0 bridgehead atoms. The van der Waals surface area contributed by atoms with Crippen LogP contribution in [0.25, 0.3) is 0 Å². The Balaban J connectivity index is 1.89. The summed E-state index contributed by atoms with van der Waals surface area (Å²) in [6, 6.07) is 13.0. The summed E-state index contributed by atoms with van der Waals surface area (Å²) in [5.74, 6) is -1.70. The average Bonchev–Trinajstić information content (AvgIpc) is 3.18. The van der Waals surface area contributed by atoms with Crippen LogP contribution in [0.15, 0.2) is 47.6 Å². The van der Waals surface area contributed by atoms with Crippen molar-refractivity contribution in [1.29, 1.82) is 5.26 Å². The van der Waals surface area contributed by atoms with Crippen molar-refractivity contribution in [2.75, 3.05) is 0 Å². The molecule has 0 radical (unpaired) electrons. The maximum absolute atomic E-state index is 14.3. The largest absolute Gasteiger partial charge is 0.273 e. The first-order valence-corrected chi connectivity index (χ1v) is 9.28. The van der Waals surface area contributed by atoms with Crippen molar-refractivity contribution in [2.45, 2.75) is 24.6 Å². The lowest BCUT2D eigenvalue weighted by Crippen LogP contribution is -2.43. The molecule has 7 heteroatoms. The van der Waals surface area contributed by atoms with Gasteiger partial charge < -0.3 is 0 Å². The van der Waals surface area contributed by atoms with Gasteiger partial charge >= 0.3 is 0 Å². The summed E-state index contributed by atoms with van der Waals surface area (Å²) < 4.78 is 28.1. The van der Waals surface area contributed by atoms with Gasteiger partial charge in [0.15, 0.2) is 0 Å². The molecule has 1 heterocycles. The van der Waals surface area contributed by atoms with Gasteiger partial charge in [-0.2, -0.15) is 10.4 Å². The van der Waals surface area contributed by atoms with Crippen LogP contribution in [0.4, 0.5) is 8.78 Å². The fourth-order valence-corrected chi connectivity index (χ4v) is 5.45. The van der Waals surface area contributed by atoms with Crippen molar-refractivity contribution in [2.24, 2.45) is 11.0 Å². The molecular formula is C20H15F2N3OS. The van der Waals surface area contributed by atoms with Crippen LogP contribution in [-0.4, -0.2) is 16.0 Å². The average molecular weight is 383 g/mol. The number of hydrazone groups is 1. The van der Waals surface area contributed by atoms with Gasteiger partial charge in [-0.1, -0.05) is 36.0 Å². The molecule has 1 aliphatic heterocycles. The quantitative estimate of drug-likeness (QED) is 0.782. The molecule has 2 atom stereocenters. The number of benzene rings is 2. The zero-order valence-corrected chi connectivity index (χ0v) is 15.3. The number of amides is 1. The Hall–Kier alpha value is -2.72. The van der Waals surface area contributed by atoms with Gasteiger partial charge in [0.1, 0.15) is 21.5 Å². The second-order valence-electron chi connectivity index (χ2n) is 6.58. The van der Waals surface area contributed by atoms with Gasteiger partial charge in [0.05, 0.1) is 6.07 Å². The number of halogens is 2. The van der Waals surface area contributed by atoms with E-state index in [1.54, 1.807) is 0 Å². The number of thioether (sulfide) groups is 1. The molecule has 0 saturated heterocycles. The van der Waals surface area contributed by atoms with Crippen molar-refractivity contribution in [1.82, 2.24) is 5.01 Å². The van der Waals surface area contributed by atoms with E-state index in [0.29, 0.717) is 6.42 Å². The number of rotatable bonds is 2. The van der Waals surface area contributed by atoms with Gasteiger partial charge in [-0.3, -0.25) is 4.79 Å². The van der Waals surface area contributed by atoms with E-state index in [-0.39, 0.29) is 28.9 Å². The molecule has 4 nitrogen and oxygen atoms in total. The highest BCUT2D eigenvalue weighted by Crippen LogP contribution is 2.58. The molecule has 2 aromatic carbocycles. The highest BCUT2D eigenvalue weighted by atomic mass is 32.2. The summed E-state index contributed by atoms with van der Waals surface area (Å²) in [4.78, 5) is 11.5. The minimum atomic E-state index is -0.924. The van der Waals surface area contributed by atoms with E-state index < -0.39 is 16.5 Å². The predicted molar refractivity (Wildman–Crippen MR) is 98.6 cm³/mol. The monoisotopic (exact) mass is 383 g/mol. The summed E-state index contributed by atoms with van der Waals surface area (Å²) in [6.07, 6.45) is 0.842. The molecule has 4 rings (SSSR count). The molecule has 0 aromatic heterocycles. The number of nitriles is 1. The van der Waals surface area contributed by atoms with Crippen molar-refractivity contribution in [3.8, 4) is 6.07 Å². The van der Waals surface area contributed by atoms with Crippen LogP contribution in [0.3, 0.4) is 0 Å². The molecule has 1 spiro atoms. The van der Waals surface area contributed by atoms with Crippen LogP contribution >= 0.6 is 11.8 Å². The fraction of sp³-hybridized carbons (Fsp3) is 0.250. The number of hydrogen-bond donors (Lipinski definition) is 0. The molecule has 1 aliphatic carbocycles. The minimum Gasteiger partial charge on any atom is -0.273 e. The smallest absolute Gasteiger partial charge is 0.241 e. The topological polar surface area (TPSA) is 56.5 Å². The summed E-state index contributed by atoms with van der Waals surface area (Å²) >= 11 is 1.22. The Morgan fingerprint density at radius 3 is 2.89 bits per heavy atom. The lowest BCUT2D eigenvalue weighted by atomic mass is 9.96. The SMILES string of the molecule is CC(=O)N1N=C(c2cc(F)ccc2F)SC12c1ccccc1CC2CC#N. The summed E-state index contributed by atoms with van der Waals surface area (Å²) in [5, 5.41) is 15.3. The molecule has 2 aromatic rings. The molecule has 2 unspecified atom stereocenters. The molecule has 0 N–H and O–H groups in total. The minimum absolute atomic E-state index is 0.0169. The van der Waals surface area contributed by atoms with Crippen molar-refractivity contribution < 1.29 is 13.6 Å². The van der Waals surface area contributed by atoms with E-state index in [9.17, 15) is 18.8 Å². The molecule has 2 aliphatic rings. The summed E-state index contributed by atoms with van der Waals surface area (Å²) in [5.41, 5.74) is 1.94. The van der Waals surface area contributed by atoms with Crippen LogP contribution in [0.5, 0.6) is 0 Å². The third-order valence-electron chi connectivity index (χ3n) is 4.98. The number of carbonyl (C=O) groups excluding carboxylic acids is 1. The van der Waals surface area contributed by atoms with Crippen molar-refractivity contribution >= 4 is 22.7 Å². The highest BCUT2D eigenvalue weighted by molar-refractivity contribution is 8.15. The maximum atomic E-state index is 14.3. The van der Waals surface area contributed by atoms with E-state index in [2.05, 4.69) is 11.2 Å². The zero-order valence-electron chi connectivity index (χ0n) is 14.4. The number of nitrogens with zero attached hydrogens (tertiary/aromatic N) is 3. The van der Waals surface area contributed by atoms with E-state index in [1.807, 2.05) is 24.3 Å². The van der Waals surface area contributed by atoms with Crippen molar-refractivity contribution in [3.63, 3.8) is 0 Å². The first-order chi connectivity index (χ1) is 13.0. The predicted octanol–water partition coefficient (Wildman–Crippen LogP) is 4.16. The Kier molecular flexibility index (Phi) is 4.23. The maximum Gasteiger partial charge on any atom is 0.241 e. The molecular weight excluding hydrogens is 368 g/mol. The van der Waals surface area contributed by atoms with Gasteiger partial charge in [0.25, 0.3) is 0 Å². The lowest BCUT2D eigenvalue weighted by Gasteiger charge is -2.36. The third-order valence-corrected chi connectivity index (χ3v) is 6.51. The van der Waals surface area contributed by atoms with Gasteiger partial charge in [0.2, 0.25) is 5.91 Å². The first-order valence-electron chi connectivity index (χ1n) is 8.46. The van der Waals surface area contributed by atoms with Crippen LogP contribution < -0.4 is 0 Å². The number of carbonyl (C=O) groups is 1. The Morgan fingerprint density at radius 1 is 1.37 bits per heavy atom. The normalized spacial score (nSPS) is 23.3. The van der Waals surface area contributed by atoms with Gasteiger partial charge in [-0.15, -0.1) is 0 Å². The van der Waals surface area contributed by atoms with Gasteiger partial charge in [0, 0.05) is 24.8 Å². The zero-order chi connectivity index (χ0) is 19.2. The first kappa shape index (κ1) is 17.7. The molecule has 0 saturated carbocycles. The summed E-state index contributed by atoms with van der Waals surface area (Å²) in [6.45, 7) is 1.39. The molecule has 0 fully saturated rings. The van der Waals surface area contributed by atoms with Crippen molar-refractivity contribution in [3.05, 3.63) is 70.8 Å². The Labute approximate surface area is 159 Å². The lowest BCUT2D eigenvalue weighted by molar-refractivity contribution is -0.133. The van der Waals surface area contributed by atoms with Crippen LogP contribution in [0.2, 0.25) is 0 Å². The highest BCUT2D eigenvalue weighted by Gasteiger charge is 2.57. The van der Waals surface area contributed by atoms with E-state index in [0.717, 1.165) is 29.3 Å². The van der Waals surface area contributed by atoms with E-state index in [4.69, 9.17) is 0 Å². The molecule has 27 heavy (non-hydrogen) atoms. The number of hydrogen-bond acceptors (Lipinski definition) is 4. The Morgan fingerprint density at radius 2 is 2.15 bits per heavy atom. The van der Waals surface area contributed by atoms with E-state index in [1.165, 1.54) is 23.7 Å². The fourth-order valence-electron chi connectivity index (χ4n) is 3.87.